The number of nitrogens with zero attached hydrogens (tertiary/aromatic N) is 1. The highest BCUT2D eigenvalue weighted by molar-refractivity contribution is 5.75. The van der Waals surface area contributed by atoms with Crippen LogP contribution in [0.3, 0.4) is 0 Å². The highest BCUT2D eigenvalue weighted by atomic mass is 16.5. The minimum absolute atomic E-state index is 0.0442. The first kappa shape index (κ1) is 15.9. The highest BCUT2D eigenvalue weighted by Crippen LogP contribution is 2.00. The molecule has 100 valence electrons. The Kier molecular flexibility index (Phi) is 8.40. The number of carbonyl (C=O) groups excluding carboxylic acids is 1. The zero-order valence-corrected chi connectivity index (χ0v) is 10.9. The molecule has 0 aliphatic heterocycles. The van der Waals surface area contributed by atoms with E-state index in [-0.39, 0.29) is 18.4 Å². The quantitative estimate of drug-likeness (QED) is 0.625. The van der Waals surface area contributed by atoms with Crippen molar-refractivity contribution in [2.75, 3.05) is 20.2 Å². The van der Waals surface area contributed by atoms with Crippen LogP contribution in [0.2, 0.25) is 0 Å². The molecule has 0 heterocycles. The van der Waals surface area contributed by atoms with Crippen LogP contribution in [0, 0.1) is 0 Å². The molecule has 0 atom stereocenters. The van der Waals surface area contributed by atoms with Crippen molar-refractivity contribution in [2.45, 2.75) is 45.6 Å². The molecular weight excluding hydrogens is 222 g/mol. The summed E-state index contributed by atoms with van der Waals surface area (Å²) in [5.74, 6) is -0.779. The van der Waals surface area contributed by atoms with Crippen molar-refractivity contribution in [1.82, 2.24) is 4.90 Å². The molecule has 0 saturated heterocycles. The lowest BCUT2D eigenvalue weighted by Gasteiger charge is -2.16. The van der Waals surface area contributed by atoms with E-state index in [2.05, 4.69) is 0 Å². The maximum atomic E-state index is 11.6. The molecule has 1 N–H and O–H groups in total. The Morgan fingerprint density at radius 3 is 2.41 bits per heavy atom. The molecule has 5 heteroatoms. The number of hydrogen-bond donors (Lipinski definition) is 1. The van der Waals surface area contributed by atoms with E-state index in [1.807, 2.05) is 13.8 Å². The van der Waals surface area contributed by atoms with Crippen LogP contribution in [0.4, 0.5) is 0 Å². The van der Waals surface area contributed by atoms with Gasteiger partial charge in [0.2, 0.25) is 5.91 Å². The van der Waals surface area contributed by atoms with Gasteiger partial charge >= 0.3 is 5.97 Å². The highest BCUT2D eigenvalue weighted by Gasteiger charge is 2.08. The van der Waals surface area contributed by atoms with Gasteiger partial charge in [-0.2, -0.15) is 0 Å². The summed E-state index contributed by atoms with van der Waals surface area (Å²) in [6.07, 6.45) is 1.96. The van der Waals surface area contributed by atoms with E-state index < -0.39 is 5.97 Å². The summed E-state index contributed by atoms with van der Waals surface area (Å²) in [7, 11) is 1.70. The molecule has 0 aliphatic carbocycles. The molecule has 0 aromatic rings. The molecule has 0 fully saturated rings. The maximum Gasteiger partial charge on any atom is 0.303 e. The van der Waals surface area contributed by atoms with E-state index in [4.69, 9.17) is 9.84 Å². The summed E-state index contributed by atoms with van der Waals surface area (Å²) in [6, 6.07) is 0. The lowest BCUT2D eigenvalue weighted by Crippen LogP contribution is -2.28. The summed E-state index contributed by atoms with van der Waals surface area (Å²) < 4.78 is 5.34. The van der Waals surface area contributed by atoms with E-state index in [0.717, 1.165) is 0 Å². The van der Waals surface area contributed by atoms with Gasteiger partial charge in [-0.1, -0.05) is 0 Å². The van der Waals surface area contributed by atoms with Crippen molar-refractivity contribution in [3.05, 3.63) is 0 Å². The van der Waals surface area contributed by atoms with Gasteiger partial charge in [0.15, 0.2) is 0 Å². The number of hydrogen-bond acceptors (Lipinski definition) is 3. The summed E-state index contributed by atoms with van der Waals surface area (Å²) in [5, 5.41) is 8.47. The Morgan fingerprint density at radius 2 is 1.88 bits per heavy atom. The third-order valence-electron chi connectivity index (χ3n) is 2.30. The van der Waals surface area contributed by atoms with E-state index in [0.29, 0.717) is 32.4 Å². The summed E-state index contributed by atoms with van der Waals surface area (Å²) in [4.78, 5) is 23.5. The van der Waals surface area contributed by atoms with Crippen molar-refractivity contribution >= 4 is 11.9 Å². The first-order valence-corrected chi connectivity index (χ1v) is 6.01. The van der Waals surface area contributed by atoms with Gasteiger partial charge in [-0.05, 0) is 26.7 Å². The summed E-state index contributed by atoms with van der Waals surface area (Å²) in [5.41, 5.74) is 0. The SMILES string of the molecule is CC(C)OCCCC(=O)N(C)CCCC(=O)O. The normalized spacial score (nSPS) is 10.6. The molecular formula is C12H23NO4. The molecule has 0 rings (SSSR count). The summed E-state index contributed by atoms with van der Waals surface area (Å²) in [6.45, 7) is 5.00. The van der Waals surface area contributed by atoms with E-state index in [1.165, 1.54) is 0 Å². The van der Waals surface area contributed by atoms with Crippen molar-refractivity contribution in [3.8, 4) is 0 Å². The van der Waals surface area contributed by atoms with E-state index in [9.17, 15) is 9.59 Å². The van der Waals surface area contributed by atoms with Gasteiger partial charge in [-0.3, -0.25) is 9.59 Å². The van der Waals surface area contributed by atoms with Gasteiger partial charge in [-0.15, -0.1) is 0 Å². The molecule has 0 aliphatic rings. The van der Waals surface area contributed by atoms with Crippen LogP contribution in [0.25, 0.3) is 0 Å². The minimum atomic E-state index is -0.823. The van der Waals surface area contributed by atoms with Crippen molar-refractivity contribution in [1.29, 1.82) is 0 Å². The third kappa shape index (κ3) is 9.81. The molecule has 0 aromatic heterocycles. The predicted octanol–water partition coefficient (Wildman–Crippen LogP) is 1.51. The predicted molar refractivity (Wildman–Crippen MR) is 64.8 cm³/mol. The number of aliphatic carboxylic acids is 1. The molecule has 1 amide bonds. The van der Waals surface area contributed by atoms with Gasteiger partial charge in [0.05, 0.1) is 6.10 Å². The Hall–Kier alpha value is -1.10. The third-order valence-corrected chi connectivity index (χ3v) is 2.30. The van der Waals surface area contributed by atoms with Crippen LogP contribution >= 0.6 is 0 Å². The summed E-state index contributed by atoms with van der Waals surface area (Å²) >= 11 is 0. The van der Waals surface area contributed by atoms with Gasteiger partial charge in [0.25, 0.3) is 0 Å². The topological polar surface area (TPSA) is 66.8 Å². The van der Waals surface area contributed by atoms with Crippen LogP contribution in [-0.2, 0) is 14.3 Å². The molecule has 5 nitrogen and oxygen atoms in total. The van der Waals surface area contributed by atoms with Gasteiger partial charge in [0.1, 0.15) is 0 Å². The van der Waals surface area contributed by atoms with Crippen LogP contribution in [0.1, 0.15) is 39.5 Å². The fourth-order valence-corrected chi connectivity index (χ4v) is 1.33. The second-order valence-corrected chi connectivity index (χ2v) is 4.34. The average molecular weight is 245 g/mol. The van der Waals surface area contributed by atoms with Crippen LogP contribution in [-0.4, -0.2) is 48.2 Å². The monoisotopic (exact) mass is 245 g/mol. The van der Waals surface area contributed by atoms with Crippen molar-refractivity contribution in [3.63, 3.8) is 0 Å². The van der Waals surface area contributed by atoms with Crippen LogP contribution in [0.15, 0.2) is 0 Å². The lowest BCUT2D eigenvalue weighted by molar-refractivity contribution is -0.138. The Labute approximate surface area is 103 Å². The maximum absolute atomic E-state index is 11.6. The van der Waals surface area contributed by atoms with Crippen LogP contribution in [0.5, 0.6) is 0 Å². The zero-order chi connectivity index (χ0) is 13.3. The van der Waals surface area contributed by atoms with Gasteiger partial charge in [-0.25, -0.2) is 0 Å². The number of ether oxygens (including phenoxy) is 1. The van der Waals surface area contributed by atoms with Gasteiger partial charge < -0.3 is 14.7 Å². The molecule has 0 aromatic carbocycles. The first-order valence-electron chi connectivity index (χ1n) is 6.01. The fourth-order valence-electron chi connectivity index (χ4n) is 1.33. The second-order valence-electron chi connectivity index (χ2n) is 4.34. The largest absolute Gasteiger partial charge is 0.481 e. The van der Waals surface area contributed by atoms with Gasteiger partial charge in [0, 0.05) is 33.0 Å². The van der Waals surface area contributed by atoms with Crippen molar-refractivity contribution in [2.24, 2.45) is 0 Å². The minimum Gasteiger partial charge on any atom is -0.481 e. The standard InChI is InChI=1S/C12H23NO4/c1-10(2)17-9-5-6-11(14)13(3)8-4-7-12(15)16/h10H,4-9H2,1-3H3,(H,15,16). The average Bonchev–Trinajstić information content (AvgIpc) is 2.23. The number of carbonyl (C=O) groups is 2. The van der Waals surface area contributed by atoms with Crippen molar-refractivity contribution < 1.29 is 19.4 Å². The smallest absolute Gasteiger partial charge is 0.303 e. The zero-order valence-electron chi connectivity index (χ0n) is 10.9. The Balaban J connectivity index is 3.57. The first-order chi connectivity index (χ1) is 7.93. The fraction of sp³-hybridized carbons (Fsp3) is 0.833. The molecule has 0 radical (unpaired) electrons. The number of carboxylic acids is 1. The van der Waals surface area contributed by atoms with Crippen LogP contribution < -0.4 is 0 Å². The number of carboxylic acid groups (broad SMARTS) is 1. The molecule has 0 bridgehead atoms. The molecule has 17 heavy (non-hydrogen) atoms. The Bertz CT molecular complexity index is 241. The second kappa shape index (κ2) is 8.98. The lowest BCUT2D eigenvalue weighted by atomic mass is 10.2. The molecule has 0 spiro atoms. The number of amides is 1. The molecule has 0 saturated carbocycles. The number of rotatable bonds is 9. The molecule has 0 unspecified atom stereocenters. The van der Waals surface area contributed by atoms with E-state index in [1.54, 1.807) is 11.9 Å². The van der Waals surface area contributed by atoms with E-state index >= 15 is 0 Å². The Morgan fingerprint density at radius 1 is 1.24 bits per heavy atom.